The van der Waals surface area contributed by atoms with Gasteiger partial charge in [0.05, 0.1) is 24.7 Å². The molecule has 0 saturated carbocycles. The second-order valence-corrected chi connectivity index (χ2v) is 4.55. The van der Waals surface area contributed by atoms with Crippen LogP contribution < -0.4 is 11.1 Å². The Morgan fingerprint density at radius 2 is 2.61 bits per heavy atom. The average molecular weight is 252 g/mol. The molecule has 18 heavy (non-hydrogen) atoms. The first-order chi connectivity index (χ1) is 8.72. The number of ether oxygens (including phenoxy) is 1. The maximum absolute atomic E-state index is 11.6. The standard InChI is InChI=1S/C12H20N4O2/c1-2-15-11(17)6-16-8-14-5-10(16)12(13)9-3-4-18-7-9/h5,8-9,12H,2-4,6-7,13H2,1H3,(H,15,17). The fourth-order valence-electron chi connectivity index (χ4n) is 2.23. The number of amides is 1. The van der Waals surface area contributed by atoms with Crippen molar-refractivity contribution in [2.75, 3.05) is 19.8 Å². The van der Waals surface area contributed by atoms with Gasteiger partial charge in [-0.15, -0.1) is 0 Å². The molecule has 1 aliphatic heterocycles. The molecule has 2 unspecified atom stereocenters. The highest BCUT2D eigenvalue weighted by atomic mass is 16.5. The average Bonchev–Trinajstić information content (AvgIpc) is 2.98. The van der Waals surface area contributed by atoms with Gasteiger partial charge < -0.3 is 20.4 Å². The van der Waals surface area contributed by atoms with Crippen LogP contribution in [0.2, 0.25) is 0 Å². The Kier molecular flexibility index (Phi) is 4.33. The third-order valence-corrected chi connectivity index (χ3v) is 3.25. The van der Waals surface area contributed by atoms with Gasteiger partial charge in [-0.25, -0.2) is 4.98 Å². The molecule has 0 spiro atoms. The second kappa shape index (κ2) is 5.97. The smallest absolute Gasteiger partial charge is 0.239 e. The van der Waals surface area contributed by atoms with Crippen LogP contribution in [0.4, 0.5) is 0 Å². The van der Waals surface area contributed by atoms with E-state index in [0.29, 0.717) is 19.1 Å². The minimum Gasteiger partial charge on any atom is -0.381 e. The van der Waals surface area contributed by atoms with Gasteiger partial charge in [-0.1, -0.05) is 0 Å². The van der Waals surface area contributed by atoms with Crippen molar-refractivity contribution in [2.45, 2.75) is 25.9 Å². The Morgan fingerprint density at radius 1 is 1.78 bits per heavy atom. The second-order valence-electron chi connectivity index (χ2n) is 4.55. The Balaban J connectivity index is 2.04. The van der Waals surface area contributed by atoms with Crippen molar-refractivity contribution in [3.63, 3.8) is 0 Å². The molecule has 3 N–H and O–H groups in total. The first kappa shape index (κ1) is 13.0. The molecular formula is C12H20N4O2. The molecule has 1 aromatic heterocycles. The summed E-state index contributed by atoms with van der Waals surface area (Å²) in [6, 6.07) is -0.121. The first-order valence-corrected chi connectivity index (χ1v) is 6.32. The zero-order valence-electron chi connectivity index (χ0n) is 10.6. The van der Waals surface area contributed by atoms with Gasteiger partial charge in [-0.05, 0) is 13.3 Å². The van der Waals surface area contributed by atoms with Crippen molar-refractivity contribution in [1.29, 1.82) is 0 Å². The Labute approximate surface area is 107 Å². The number of nitrogens with one attached hydrogen (secondary N) is 1. The molecule has 0 bridgehead atoms. The van der Waals surface area contributed by atoms with Gasteiger partial charge >= 0.3 is 0 Å². The van der Waals surface area contributed by atoms with Crippen LogP contribution in [0.25, 0.3) is 0 Å². The number of likely N-dealkylation sites (N-methyl/N-ethyl adjacent to an activating group) is 1. The monoisotopic (exact) mass is 252 g/mol. The van der Waals surface area contributed by atoms with Gasteiger partial charge in [-0.2, -0.15) is 0 Å². The number of hydrogen-bond donors (Lipinski definition) is 2. The largest absolute Gasteiger partial charge is 0.381 e. The summed E-state index contributed by atoms with van der Waals surface area (Å²) in [7, 11) is 0. The van der Waals surface area contributed by atoms with E-state index in [-0.39, 0.29) is 18.5 Å². The lowest BCUT2D eigenvalue weighted by Gasteiger charge is -2.19. The molecule has 100 valence electrons. The maximum Gasteiger partial charge on any atom is 0.239 e. The van der Waals surface area contributed by atoms with Gasteiger partial charge in [0.25, 0.3) is 0 Å². The van der Waals surface area contributed by atoms with Gasteiger partial charge in [0.15, 0.2) is 0 Å². The predicted molar refractivity (Wildman–Crippen MR) is 66.8 cm³/mol. The zero-order chi connectivity index (χ0) is 13.0. The summed E-state index contributed by atoms with van der Waals surface area (Å²) in [5, 5.41) is 2.77. The minimum atomic E-state index is -0.121. The van der Waals surface area contributed by atoms with E-state index in [1.54, 1.807) is 12.5 Å². The van der Waals surface area contributed by atoms with Gasteiger partial charge in [0.1, 0.15) is 6.54 Å². The van der Waals surface area contributed by atoms with E-state index >= 15 is 0 Å². The van der Waals surface area contributed by atoms with E-state index in [0.717, 1.165) is 18.7 Å². The van der Waals surface area contributed by atoms with Crippen LogP contribution in [-0.2, 0) is 16.1 Å². The van der Waals surface area contributed by atoms with Crippen LogP contribution in [0.1, 0.15) is 25.1 Å². The van der Waals surface area contributed by atoms with Gasteiger partial charge in [0, 0.05) is 25.3 Å². The van der Waals surface area contributed by atoms with Crippen molar-refractivity contribution >= 4 is 5.91 Å². The van der Waals surface area contributed by atoms with Crippen molar-refractivity contribution in [2.24, 2.45) is 11.7 Å². The highest BCUT2D eigenvalue weighted by molar-refractivity contribution is 5.75. The van der Waals surface area contributed by atoms with Crippen LogP contribution >= 0.6 is 0 Å². The van der Waals surface area contributed by atoms with Crippen LogP contribution in [0, 0.1) is 5.92 Å². The number of imidazole rings is 1. The molecule has 1 saturated heterocycles. The number of carbonyl (C=O) groups excluding carboxylic acids is 1. The van der Waals surface area contributed by atoms with Crippen LogP contribution in [0.5, 0.6) is 0 Å². The number of rotatable bonds is 5. The summed E-state index contributed by atoms with van der Waals surface area (Å²) in [5.74, 6) is 0.293. The molecule has 1 amide bonds. The lowest BCUT2D eigenvalue weighted by molar-refractivity contribution is -0.121. The summed E-state index contributed by atoms with van der Waals surface area (Å²) < 4.78 is 7.16. The number of nitrogens with two attached hydrogens (primary N) is 1. The molecule has 2 rings (SSSR count). The molecule has 6 nitrogen and oxygen atoms in total. The third-order valence-electron chi connectivity index (χ3n) is 3.25. The van der Waals surface area contributed by atoms with E-state index in [1.807, 2.05) is 11.5 Å². The third kappa shape index (κ3) is 2.88. The quantitative estimate of drug-likeness (QED) is 0.776. The Hall–Kier alpha value is -1.40. The van der Waals surface area contributed by atoms with Crippen LogP contribution in [0.15, 0.2) is 12.5 Å². The van der Waals surface area contributed by atoms with E-state index in [4.69, 9.17) is 10.5 Å². The molecule has 2 atom stereocenters. The highest BCUT2D eigenvalue weighted by Crippen LogP contribution is 2.26. The molecule has 2 heterocycles. The summed E-state index contributed by atoms with van der Waals surface area (Å²) in [5.41, 5.74) is 7.12. The lowest BCUT2D eigenvalue weighted by atomic mass is 9.97. The number of hydrogen-bond acceptors (Lipinski definition) is 4. The summed E-state index contributed by atoms with van der Waals surface area (Å²) in [4.78, 5) is 15.7. The summed E-state index contributed by atoms with van der Waals surface area (Å²) in [6.07, 6.45) is 4.36. The highest BCUT2D eigenvalue weighted by Gasteiger charge is 2.26. The SMILES string of the molecule is CCNC(=O)Cn1cncc1C(N)C1CCOC1. The van der Waals surface area contributed by atoms with Crippen molar-refractivity contribution < 1.29 is 9.53 Å². The van der Waals surface area contributed by atoms with E-state index in [9.17, 15) is 4.79 Å². The van der Waals surface area contributed by atoms with Crippen molar-refractivity contribution in [3.8, 4) is 0 Å². The Bertz CT molecular complexity index is 399. The molecule has 1 aliphatic rings. The first-order valence-electron chi connectivity index (χ1n) is 6.32. The summed E-state index contributed by atoms with van der Waals surface area (Å²) in [6.45, 7) is 4.25. The molecule has 1 fully saturated rings. The zero-order valence-corrected chi connectivity index (χ0v) is 10.6. The minimum absolute atomic E-state index is 0.0216. The molecule has 6 heteroatoms. The molecular weight excluding hydrogens is 232 g/mol. The van der Waals surface area contributed by atoms with E-state index in [1.165, 1.54) is 0 Å². The fourth-order valence-corrected chi connectivity index (χ4v) is 2.23. The maximum atomic E-state index is 11.6. The van der Waals surface area contributed by atoms with Crippen molar-refractivity contribution in [1.82, 2.24) is 14.9 Å². The number of nitrogens with zero attached hydrogens (tertiary/aromatic N) is 2. The summed E-state index contributed by atoms with van der Waals surface area (Å²) >= 11 is 0. The normalized spacial score (nSPS) is 20.9. The fraction of sp³-hybridized carbons (Fsp3) is 0.667. The molecule has 0 radical (unpaired) electrons. The van der Waals surface area contributed by atoms with Gasteiger partial charge in [0.2, 0.25) is 5.91 Å². The predicted octanol–water partition coefficient (Wildman–Crippen LogP) is 0.0555. The lowest BCUT2D eigenvalue weighted by Crippen LogP contribution is -2.30. The van der Waals surface area contributed by atoms with E-state index in [2.05, 4.69) is 10.3 Å². The number of carbonyl (C=O) groups is 1. The molecule has 0 aromatic carbocycles. The van der Waals surface area contributed by atoms with Crippen LogP contribution in [-0.4, -0.2) is 35.2 Å². The van der Waals surface area contributed by atoms with E-state index < -0.39 is 0 Å². The van der Waals surface area contributed by atoms with Crippen molar-refractivity contribution in [3.05, 3.63) is 18.2 Å². The Morgan fingerprint density at radius 3 is 3.28 bits per heavy atom. The number of aromatic nitrogens is 2. The topological polar surface area (TPSA) is 82.2 Å². The molecule has 0 aliphatic carbocycles. The molecule has 1 aromatic rings. The van der Waals surface area contributed by atoms with Crippen LogP contribution in [0.3, 0.4) is 0 Å². The van der Waals surface area contributed by atoms with Gasteiger partial charge in [-0.3, -0.25) is 4.79 Å².